The van der Waals surface area contributed by atoms with Crippen LogP contribution in [0.3, 0.4) is 0 Å². The maximum absolute atomic E-state index is 12.4. The molecule has 2 saturated heterocycles. The molecule has 1 spiro atoms. The second-order valence-corrected chi connectivity index (χ2v) is 8.36. The monoisotopic (exact) mass is 380 g/mol. The second-order valence-electron chi connectivity index (χ2n) is 8.36. The largest absolute Gasteiger partial charge is 0.491 e. The molecule has 4 aliphatic heterocycles. The fourth-order valence-corrected chi connectivity index (χ4v) is 5.06. The summed E-state index contributed by atoms with van der Waals surface area (Å²) < 4.78 is 13.3. The van der Waals surface area contributed by atoms with Gasteiger partial charge in [0, 0.05) is 49.4 Å². The molecule has 1 N–H and O–H groups in total. The minimum Gasteiger partial charge on any atom is -0.491 e. The number of hydrogen-bond acceptors (Lipinski definition) is 5. The van der Waals surface area contributed by atoms with Crippen molar-refractivity contribution in [2.24, 2.45) is 5.41 Å². The van der Waals surface area contributed by atoms with Crippen molar-refractivity contribution in [3.63, 3.8) is 0 Å². The lowest BCUT2D eigenvalue weighted by Crippen LogP contribution is -2.66. The van der Waals surface area contributed by atoms with Crippen LogP contribution in [0.5, 0.6) is 5.75 Å². The first-order valence-corrected chi connectivity index (χ1v) is 9.67. The highest BCUT2D eigenvalue weighted by Crippen LogP contribution is 2.49. The van der Waals surface area contributed by atoms with Gasteiger partial charge in [0.05, 0.1) is 36.6 Å². The van der Waals surface area contributed by atoms with Crippen LogP contribution < -0.4 is 15.1 Å². The van der Waals surface area contributed by atoms with E-state index in [2.05, 4.69) is 11.0 Å². The Morgan fingerprint density at radius 1 is 1.14 bits per heavy atom. The zero-order valence-corrected chi connectivity index (χ0v) is 15.4. The summed E-state index contributed by atoms with van der Waals surface area (Å²) in [6.45, 7) is 4.94. The van der Waals surface area contributed by atoms with E-state index in [-0.39, 0.29) is 5.56 Å². The number of carboxylic acids is 1. The summed E-state index contributed by atoms with van der Waals surface area (Å²) >= 11 is 0. The number of aryl methyl sites for hydroxylation is 1. The Kier molecular flexibility index (Phi) is 3.11. The zero-order valence-electron chi connectivity index (χ0n) is 15.4. The molecular weight excluding hydrogens is 360 g/mol. The van der Waals surface area contributed by atoms with Crippen LogP contribution in [0.25, 0.3) is 11.3 Å². The number of anilines is 1. The van der Waals surface area contributed by atoms with Gasteiger partial charge in [0.2, 0.25) is 0 Å². The first-order valence-electron chi connectivity index (χ1n) is 9.67. The molecule has 144 valence electrons. The van der Waals surface area contributed by atoms with E-state index in [1.54, 1.807) is 0 Å². The number of ether oxygens (including phenoxy) is 2. The quantitative estimate of drug-likeness (QED) is 0.851. The average Bonchev–Trinajstić information content (AvgIpc) is 3.08. The van der Waals surface area contributed by atoms with E-state index in [0.29, 0.717) is 18.6 Å². The minimum absolute atomic E-state index is 0.174. The van der Waals surface area contributed by atoms with Gasteiger partial charge in [-0.15, -0.1) is 0 Å². The lowest BCUT2D eigenvalue weighted by molar-refractivity contribution is -0.127. The maximum Gasteiger partial charge on any atom is 0.341 e. The molecule has 0 saturated carbocycles. The number of hydrogen-bond donors (Lipinski definition) is 1. The molecule has 0 bridgehead atoms. The highest BCUT2D eigenvalue weighted by molar-refractivity contribution is 5.88. The molecule has 2 fully saturated rings. The van der Waals surface area contributed by atoms with Crippen LogP contribution >= 0.6 is 0 Å². The number of nitrogens with zero attached hydrogens (tertiary/aromatic N) is 2. The zero-order chi connectivity index (χ0) is 19.0. The van der Waals surface area contributed by atoms with E-state index in [4.69, 9.17) is 9.47 Å². The predicted octanol–water partition coefficient (Wildman–Crippen LogP) is 1.54. The molecule has 0 unspecified atom stereocenters. The molecule has 1 aromatic heterocycles. The third-order valence-corrected chi connectivity index (χ3v) is 6.52. The van der Waals surface area contributed by atoms with Crippen LogP contribution in [0.1, 0.15) is 21.5 Å². The van der Waals surface area contributed by atoms with Gasteiger partial charge < -0.3 is 24.0 Å². The number of aromatic nitrogens is 1. The number of aromatic carboxylic acids is 1. The van der Waals surface area contributed by atoms with E-state index >= 15 is 0 Å². The van der Waals surface area contributed by atoms with Crippen LogP contribution in [-0.2, 0) is 24.1 Å². The Morgan fingerprint density at radius 3 is 2.68 bits per heavy atom. The fourth-order valence-electron chi connectivity index (χ4n) is 5.06. The van der Waals surface area contributed by atoms with E-state index in [1.807, 2.05) is 4.57 Å². The van der Waals surface area contributed by atoms with Crippen LogP contribution in [0.15, 0.2) is 23.1 Å². The van der Waals surface area contributed by atoms with E-state index < -0.39 is 11.4 Å². The topological polar surface area (TPSA) is 81.0 Å². The van der Waals surface area contributed by atoms with Gasteiger partial charge in [-0.25, -0.2) is 4.79 Å². The third-order valence-electron chi connectivity index (χ3n) is 6.52. The van der Waals surface area contributed by atoms with Crippen molar-refractivity contribution in [2.45, 2.75) is 19.4 Å². The molecule has 6 rings (SSSR count). The Balaban J connectivity index is 1.50. The normalized spacial score (nSPS) is 20.5. The molecular formula is C21H20N2O5. The molecule has 5 heterocycles. The maximum atomic E-state index is 12.4. The summed E-state index contributed by atoms with van der Waals surface area (Å²) in [7, 11) is 0. The second kappa shape index (κ2) is 5.38. The van der Waals surface area contributed by atoms with Gasteiger partial charge in [-0.1, -0.05) is 0 Å². The van der Waals surface area contributed by atoms with Gasteiger partial charge in [-0.3, -0.25) is 4.79 Å². The van der Waals surface area contributed by atoms with Gasteiger partial charge in [0.25, 0.3) is 0 Å². The van der Waals surface area contributed by atoms with Crippen LogP contribution in [0, 0.1) is 5.41 Å². The summed E-state index contributed by atoms with van der Waals surface area (Å²) in [5, 5.41) is 9.28. The number of benzene rings is 1. The molecule has 2 aromatic rings. The van der Waals surface area contributed by atoms with Gasteiger partial charge in [-0.05, 0) is 18.1 Å². The van der Waals surface area contributed by atoms with Crippen molar-refractivity contribution in [3.05, 3.63) is 45.2 Å². The molecule has 0 amide bonds. The van der Waals surface area contributed by atoms with Crippen molar-refractivity contribution in [1.29, 1.82) is 0 Å². The van der Waals surface area contributed by atoms with Crippen LogP contribution in [-0.4, -0.2) is 48.6 Å². The van der Waals surface area contributed by atoms with Crippen LogP contribution in [0.4, 0.5) is 5.69 Å². The molecule has 0 aliphatic carbocycles. The van der Waals surface area contributed by atoms with Crippen molar-refractivity contribution < 1.29 is 19.4 Å². The number of carboxylic acid groups (broad SMARTS) is 1. The van der Waals surface area contributed by atoms with E-state index in [1.165, 1.54) is 23.4 Å². The average molecular weight is 380 g/mol. The Morgan fingerprint density at radius 2 is 1.96 bits per heavy atom. The van der Waals surface area contributed by atoms with E-state index in [0.717, 1.165) is 61.8 Å². The number of rotatable bonds is 2. The lowest BCUT2D eigenvalue weighted by Gasteiger charge is -2.56. The van der Waals surface area contributed by atoms with Gasteiger partial charge in [0.1, 0.15) is 11.3 Å². The molecule has 0 radical (unpaired) electrons. The SMILES string of the molecule is O=C(O)c1cn2c(cc1=O)-c1cc(N3CC4(COC4)C3)c3c(c1CC2)CCO3. The summed E-state index contributed by atoms with van der Waals surface area (Å²) in [5.41, 5.74) is 5.09. The van der Waals surface area contributed by atoms with Gasteiger partial charge >= 0.3 is 5.97 Å². The first kappa shape index (κ1) is 16.2. The smallest absolute Gasteiger partial charge is 0.341 e. The standard InChI is InChI=1S/C21H20N2O5/c24-18-6-16-14-5-17(23-8-21(9-23)10-27-11-21)19-13(2-4-28-19)12(14)1-3-22(16)7-15(18)20(25)26/h5-7H,1-4,8-11H2,(H,25,26). The molecule has 28 heavy (non-hydrogen) atoms. The van der Waals surface area contributed by atoms with Crippen molar-refractivity contribution in [2.75, 3.05) is 37.8 Å². The first-order chi connectivity index (χ1) is 13.5. The minimum atomic E-state index is -1.18. The molecule has 0 atom stereocenters. The lowest BCUT2D eigenvalue weighted by atomic mass is 9.77. The fraction of sp³-hybridized carbons (Fsp3) is 0.429. The van der Waals surface area contributed by atoms with Crippen molar-refractivity contribution >= 4 is 11.7 Å². The number of fused-ring (bicyclic) bond motifs is 5. The van der Waals surface area contributed by atoms with Crippen LogP contribution in [0.2, 0.25) is 0 Å². The molecule has 1 aromatic carbocycles. The Bertz CT molecular complexity index is 1090. The summed E-state index contributed by atoms with van der Waals surface area (Å²) in [6.07, 6.45) is 3.18. The Hall–Kier alpha value is -2.80. The number of carbonyl (C=O) groups is 1. The number of pyridine rings is 1. The van der Waals surface area contributed by atoms with Crippen molar-refractivity contribution in [1.82, 2.24) is 4.57 Å². The highest BCUT2D eigenvalue weighted by atomic mass is 16.5. The third kappa shape index (κ3) is 2.08. The Labute approximate surface area is 161 Å². The van der Waals surface area contributed by atoms with Gasteiger partial charge in [-0.2, -0.15) is 0 Å². The molecule has 7 nitrogen and oxygen atoms in total. The van der Waals surface area contributed by atoms with Crippen molar-refractivity contribution in [3.8, 4) is 17.0 Å². The highest BCUT2D eigenvalue weighted by Gasteiger charge is 2.50. The molecule has 7 heteroatoms. The predicted molar refractivity (Wildman–Crippen MR) is 101 cm³/mol. The summed E-state index contributed by atoms with van der Waals surface area (Å²) in [4.78, 5) is 26.0. The molecule has 4 aliphatic rings. The van der Waals surface area contributed by atoms with Gasteiger partial charge in [0.15, 0.2) is 5.43 Å². The van der Waals surface area contributed by atoms with E-state index in [9.17, 15) is 14.7 Å². The summed E-state index contributed by atoms with van der Waals surface area (Å²) in [6, 6.07) is 3.61. The summed E-state index contributed by atoms with van der Waals surface area (Å²) in [5.74, 6) is -0.186.